The Labute approximate surface area is 177 Å². The van der Waals surface area contributed by atoms with Gasteiger partial charge >= 0.3 is 0 Å². The van der Waals surface area contributed by atoms with Crippen molar-refractivity contribution in [1.82, 2.24) is 9.78 Å². The molecule has 1 aliphatic heterocycles. The average Bonchev–Trinajstić information content (AvgIpc) is 3.20. The van der Waals surface area contributed by atoms with E-state index in [9.17, 15) is 9.90 Å². The maximum absolute atomic E-state index is 12.3. The lowest BCUT2D eigenvalue weighted by Gasteiger charge is -2.35. The molecule has 4 rings (SSSR count). The number of hydrogen-bond acceptors (Lipinski definition) is 5. The number of aliphatic hydroxyl groups excluding tert-OH is 1. The number of carbonyl (C=O) groups is 1. The molecule has 0 spiro atoms. The highest BCUT2D eigenvalue weighted by Gasteiger charge is 2.31. The first-order valence-electron chi connectivity index (χ1n) is 11.0. The lowest BCUT2D eigenvalue weighted by molar-refractivity contribution is -0.250. The van der Waals surface area contributed by atoms with E-state index in [1.165, 1.54) is 6.42 Å². The number of aromatic nitrogens is 2. The first-order chi connectivity index (χ1) is 14.6. The largest absolute Gasteiger partial charge is 0.394 e. The van der Waals surface area contributed by atoms with Gasteiger partial charge in [0.2, 0.25) is 5.91 Å². The average molecular weight is 414 g/mol. The van der Waals surface area contributed by atoms with Gasteiger partial charge in [-0.2, -0.15) is 9.99 Å². The van der Waals surface area contributed by atoms with Gasteiger partial charge < -0.3 is 14.9 Å². The summed E-state index contributed by atoms with van der Waals surface area (Å²) in [5.41, 5.74) is 3.70. The van der Waals surface area contributed by atoms with Gasteiger partial charge in [-0.05, 0) is 44.7 Å². The minimum Gasteiger partial charge on any atom is -0.394 e. The Kier molecular flexibility index (Phi) is 6.39. The molecule has 1 amide bonds. The van der Waals surface area contributed by atoms with Crippen LogP contribution in [0.5, 0.6) is 5.75 Å². The molecule has 0 bridgehead atoms. The van der Waals surface area contributed by atoms with Crippen LogP contribution in [0.25, 0.3) is 11.1 Å². The van der Waals surface area contributed by atoms with E-state index in [1.807, 2.05) is 23.2 Å². The molecule has 30 heavy (non-hydrogen) atoms. The summed E-state index contributed by atoms with van der Waals surface area (Å²) in [6, 6.07) is 4.13. The number of benzene rings is 1. The van der Waals surface area contributed by atoms with Crippen molar-refractivity contribution in [2.75, 3.05) is 11.5 Å². The molecule has 2 aromatic rings. The highest BCUT2D eigenvalue weighted by molar-refractivity contribution is 5.95. The first-order valence-corrected chi connectivity index (χ1v) is 11.0. The maximum atomic E-state index is 12.3. The van der Waals surface area contributed by atoms with Gasteiger partial charge in [0.15, 0.2) is 5.75 Å². The van der Waals surface area contributed by atoms with Crippen molar-refractivity contribution in [1.29, 1.82) is 0 Å². The van der Waals surface area contributed by atoms with E-state index >= 15 is 0 Å². The molecule has 162 valence electrons. The summed E-state index contributed by atoms with van der Waals surface area (Å²) >= 11 is 0. The van der Waals surface area contributed by atoms with Crippen LogP contribution in [-0.2, 0) is 22.6 Å². The fraction of sp³-hybridized carbons (Fsp3) is 0.565. The van der Waals surface area contributed by atoms with Crippen molar-refractivity contribution in [2.24, 2.45) is 0 Å². The van der Waals surface area contributed by atoms with Crippen LogP contribution >= 0.6 is 0 Å². The number of fused-ring (bicyclic) bond motifs is 1. The van der Waals surface area contributed by atoms with Gasteiger partial charge in [-0.3, -0.25) is 9.48 Å². The van der Waals surface area contributed by atoms with Gasteiger partial charge in [0.1, 0.15) is 6.10 Å². The summed E-state index contributed by atoms with van der Waals surface area (Å²) in [5, 5.41) is 13.5. The van der Waals surface area contributed by atoms with Crippen molar-refractivity contribution in [3.05, 3.63) is 30.1 Å². The van der Waals surface area contributed by atoms with E-state index in [2.05, 4.69) is 12.0 Å². The molecule has 1 aromatic heterocycles. The molecule has 7 heteroatoms. The van der Waals surface area contributed by atoms with E-state index < -0.39 is 0 Å². The van der Waals surface area contributed by atoms with Gasteiger partial charge in [-0.15, -0.1) is 0 Å². The van der Waals surface area contributed by atoms with Gasteiger partial charge in [0, 0.05) is 35.9 Å². The lowest BCUT2D eigenvalue weighted by atomic mass is 9.92. The number of amides is 1. The summed E-state index contributed by atoms with van der Waals surface area (Å²) in [6.07, 6.45) is 11.1. The summed E-state index contributed by atoms with van der Waals surface area (Å²) in [5.74, 6) is 0.714. The number of rotatable bonds is 6. The van der Waals surface area contributed by atoms with Crippen LogP contribution in [0.2, 0.25) is 0 Å². The molecule has 0 radical (unpaired) electrons. The summed E-state index contributed by atoms with van der Waals surface area (Å²) in [4.78, 5) is 26.1. The number of carbonyl (C=O) groups excluding carboxylic acids is 1. The number of hydrogen-bond donors (Lipinski definition) is 1. The predicted octanol–water partition coefficient (Wildman–Crippen LogP) is 3.87. The SMILES string of the molecule is CC(=O)N1c2ccc(-c3cnn(CCO)c3)c(OOC3CCCCC3)c2CC[C@@H]1C. The summed E-state index contributed by atoms with van der Waals surface area (Å²) < 4.78 is 1.71. The smallest absolute Gasteiger partial charge is 0.224 e. The molecule has 1 fully saturated rings. The molecule has 1 aliphatic carbocycles. The van der Waals surface area contributed by atoms with Crippen molar-refractivity contribution < 1.29 is 19.7 Å². The van der Waals surface area contributed by atoms with Crippen molar-refractivity contribution in [2.45, 2.75) is 77.5 Å². The van der Waals surface area contributed by atoms with E-state index in [0.717, 1.165) is 60.9 Å². The van der Waals surface area contributed by atoms with E-state index in [1.54, 1.807) is 17.8 Å². The predicted molar refractivity (Wildman–Crippen MR) is 114 cm³/mol. The quantitative estimate of drug-likeness (QED) is 0.575. The number of nitrogens with zero attached hydrogens (tertiary/aromatic N) is 3. The lowest BCUT2D eigenvalue weighted by Crippen LogP contribution is -2.40. The zero-order valence-corrected chi connectivity index (χ0v) is 17.8. The molecule has 0 unspecified atom stereocenters. The molecule has 1 atom stereocenters. The maximum Gasteiger partial charge on any atom is 0.224 e. The molecule has 7 nitrogen and oxygen atoms in total. The molecule has 1 aromatic carbocycles. The first kappa shape index (κ1) is 20.9. The van der Waals surface area contributed by atoms with Crippen molar-refractivity contribution in [3.63, 3.8) is 0 Å². The molecule has 2 heterocycles. The van der Waals surface area contributed by atoms with E-state index in [-0.39, 0.29) is 24.7 Å². The minimum absolute atomic E-state index is 0.0327. The zero-order valence-electron chi connectivity index (χ0n) is 17.8. The minimum atomic E-state index is 0.0327. The van der Waals surface area contributed by atoms with E-state index in [0.29, 0.717) is 12.3 Å². The Morgan fingerprint density at radius 2 is 2.03 bits per heavy atom. The third kappa shape index (κ3) is 4.23. The molecule has 1 N–H and O–H groups in total. The van der Waals surface area contributed by atoms with Crippen LogP contribution in [0.15, 0.2) is 24.5 Å². The number of anilines is 1. The van der Waals surface area contributed by atoms with Crippen LogP contribution in [0.4, 0.5) is 5.69 Å². The third-order valence-electron chi connectivity index (χ3n) is 6.18. The Morgan fingerprint density at radius 1 is 1.23 bits per heavy atom. The van der Waals surface area contributed by atoms with Crippen LogP contribution in [0.1, 0.15) is 57.9 Å². The van der Waals surface area contributed by atoms with Gasteiger partial charge in [0.05, 0.1) is 25.0 Å². The standard InChI is InChI=1S/C23H31N3O4/c1-16-8-9-21-22(26(16)17(2)28)11-10-20(18-14-24-25(15-18)12-13-27)23(21)30-29-19-6-4-3-5-7-19/h10-11,14-16,19,27H,3-9,12-13H2,1-2H3/t16-/m0/s1. The Bertz CT molecular complexity index is 889. The molecule has 2 aliphatic rings. The second-order valence-corrected chi connectivity index (χ2v) is 8.37. The van der Waals surface area contributed by atoms with Gasteiger partial charge in [-0.25, -0.2) is 0 Å². The Hall–Kier alpha value is -2.38. The van der Waals surface area contributed by atoms with Crippen LogP contribution in [0.3, 0.4) is 0 Å². The monoisotopic (exact) mass is 413 g/mol. The normalized spacial score (nSPS) is 19.6. The topological polar surface area (TPSA) is 76.8 Å². The fourth-order valence-corrected chi connectivity index (χ4v) is 4.61. The Balaban J connectivity index is 1.72. The fourth-order valence-electron chi connectivity index (χ4n) is 4.61. The number of aliphatic hydroxyl groups is 1. The molecule has 0 saturated heterocycles. The van der Waals surface area contributed by atoms with Crippen molar-refractivity contribution in [3.8, 4) is 16.9 Å². The van der Waals surface area contributed by atoms with E-state index in [4.69, 9.17) is 9.78 Å². The Morgan fingerprint density at radius 3 is 2.77 bits per heavy atom. The summed E-state index contributed by atoms with van der Waals surface area (Å²) in [7, 11) is 0. The second kappa shape index (κ2) is 9.18. The highest BCUT2D eigenvalue weighted by atomic mass is 17.2. The molecular formula is C23H31N3O4. The zero-order chi connectivity index (χ0) is 21.1. The molecular weight excluding hydrogens is 382 g/mol. The molecule has 1 saturated carbocycles. The highest BCUT2D eigenvalue weighted by Crippen LogP contribution is 2.43. The third-order valence-corrected chi connectivity index (χ3v) is 6.18. The van der Waals surface area contributed by atoms with Crippen molar-refractivity contribution >= 4 is 11.6 Å². The van der Waals surface area contributed by atoms with Crippen LogP contribution in [0, 0.1) is 0 Å². The van der Waals surface area contributed by atoms with Gasteiger partial charge in [0.25, 0.3) is 0 Å². The van der Waals surface area contributed by atoms with Gasteiger partial charge in [-0.1, -0.05) is 19.3 Å². The van der Waals surface area contributed by atoms with Crippen LogP contribution < -0.4 is 9.79 Å². The summed E-state index contributed by atoms with van der Waals surface area (Å²) in [6.45, 7) is 4.16. The second-order valence-electron chi connectivity index (χ2n) is 8.37. The van der Waals surface area contributed by atoms with Crippen LogP contribution in [-0.4, -0.2) is 39.5 Å².